The number of piperidine rings is 1. The molecule has 36 heavy (non-hydrogen) atoms. The highest BCUT2D eigenvalue weighted by atomic mass is 19.4. The Balaban J connectivity index is 1.43. The second-order valence-electron chi connectivity index (χ2n) is 9.77. The van der Waals surface area contributed by atoms with Gasteiger partial charge in [0, 0.05) is 6.54 Å². The first kappa shape index (κ1) is 26.6. The Kier molecular flexibility index (Phi) is 8.37. The zero-order valence-corrected chi connectivity index (χ0v) is 20.3. The minimum absolute atomic E-state index is 0.0433. The molecule has 0 aromatic heterocycles. The summed E-state index contributed by atoms with van der Waals surface area (Å²) in [7, 11) is 0. The SMILES string of the molecule is CCOC(=O)C1CCN(Cc2ccc3c(C(F)F)c(O[C@H]4CC[C@@H](C(F)(F)F)CC4)ccc3c2)CC1. The average molecular weight is 514 g/mol. The summed E-state index contributed by atoms with van der Waals surface area (Å²) in [6.45, 7) is 4.34. The lowest BCUT2D eigenvalue weighted by molar-refractivity contribution is -0.185. The van der Waals surface area contributed by atoms with Gasteiger partial charge in [-0.2, -0.15) is 13.2 Å². The van der Waals surface area contributed by atoms with E-state index in [0.717, 1.165) is 31.5 Å². The lowest BCUT2D eigenvalue weighted by Crippen LogP contribution is -2.36. The highest BCUT2D eigenvalue weighted by Crippen LogP contribution is 2.41. The number of hydrogen-bond donors (Lipinski definition) is 0. The van der Waals surface area contributed by atoms with Crippen molar-refractivity contribution in [2.75, 3.05) is 19.7 Å². The number of benzene rings is 2. The van der Waals surface area contributed by atoms with Gasteiger partial charge in [-0.3, -0.25) is 9.69 Å². The molecule has 0 atom stereocenters. The van der Waals surface area contributed by atoms with Gasteiger partial charge in [0.05, 0.1) is 30.1 Å². The third-order valence-corrected chi connectivity index (χ3v) is 7.35. The number of ether oxygens (including phenoxy) is 2. The van der Waals surface area contributed by atoms with E-state index in [1.54, 1.807) is 19.1 Å². The van der Waals surface area contributed by atoms with Gasteiger partial charge in [0.15, 0.2) is 0 Å². The summed E-state index contributed by atoms with van der Waals surface area (Å²) in [6, 6.07) is 8.62. The van der Waals surface area contributed by atoms with Gasteiger partial charge in [0.25, 0.3) is 6.43 Å². The number of likely N-dealkylation sites (tertiary alicyclic amines) is 1. The van der Waals surface area contributed by atoms with E-state index in [1.165, 1.54) is 6.07 Å². The highest BCUT2D eigenvalue weighted by molar-refractivity contribution is 5.88. The largest absolute Gasteiger partial charge is 0.490 e. The van der Waals surface area contributed by atoms with Crippen molar-refractivity contribution in [3.05, 3.63) is 41.5 Å². The summed E-state index contributed by atoms with van der Waals surface area (Å²) < 4.78 is 77.9. The van der Waals surface area contributed by atoms with Gasteiger partial charge < -0.3 is 9.47 Å². The molecule has 198 valence electrons. The van der Waals surface area contributed by atoms with E-state index in [9.17, 15) is 26.7 Å². The predicted octanol–water partition coefficient (Wildman–Crippen LogP) is 7.05. The van der Waals surface area contributed by atoms with Crippen LogP contribution in [0.5, 0.6) is 5.75 Å². The molecule has 1 aliphatic heterocycles. The first-order valence-corrected chi connectivity index (χ1v) is 12.6. The van der Waals surface area contributed by atoms with Crippen molar-refractivity contribution in [2.45, 2.75) is 70.7 Å². The number of halogens is 5. The number of nitrogens with zero attached hydrogens (tertiary/aromatic N) is 1. The second-order valence-corrected chi connectivity index (χ2v) is 9.77. The van der Waals surface area contributed by atoms with E-state index in [2.05, 4.69) is 4.90 Å². The van der Waals surface area contributed by atoms with Gasteiger partial charge in [0.2, 0.25) is 0 Å². The van der Waals surface area contributed by atoms with Crippen molar-refractivity contribution in [3.8, 4) is 5.75 Å². The van der Waals surface area contributed by atoms with Crippen LogP contribution in [0, 0.1) is 11.8 Å². The van der Waals surface area contributed by atoms with Crippen LogP contribution in [0.3, 0.4) is 0 Å². The summed E-state index contributed by atoms with van der Waals surface area (Å²) >= 11 is 0. The van der Waals surface area contributed by atoms with Crippen molar-refractivity contribution < 1.29 is 36.2 Å². The molecule has 9 heteroatoms. The van der Waals surface area contributed by atoms with E-state index in [0.29, 0.717) is 23.9 Å². The summed E-state index contributed by atoms with van der Waals surface area (Å²) in [5.41, 5.74) is 0.767. The maximum atomic E-state index is 14.1. The number of carbonyl (C=O) groups excluding carboxylic acids is 1. The molecule has 2 fully saturated rings. The summed E-state index contributed by atoms with van der Waals surface area (Å²) in [6.07, 6.45) is -5.76. The standard InChI is InChI=1S/C27H32F5NO3/c1-2-35-26(34)18-11-13-33(14-12-18)16-17-3-9-22-19(15-17)4-10-23(24(22)25(28)29)36-21-7-5-20(6-8-21)27(30,31)32/h3-4,9-10,15,18,20-21,25H,2,5-8,11-14,16H2,1H3/t20-,21+. The Morgan fingerprint density at radius 3 is 2.33 bits per heavy atom. The minimum atomic E-state index is -4.23. The molecule has 0 amide bonds. The topological polar surface area (TPSA) is 38.8 Å². The molecule has 4 rings (SSSR count). The van der Waals surface area contributed by atoms with Crippen molar-refractivity contribution in [1.82, 2.24) is 4.90 Å². The summed E-state index contributed by atoms with van der Waals surface area (Å²) in [5.74, 6) is -1.53. The molecule has 0 spiro atoms. The molecule has 1 saturated carbocycles. The number of alkyl halides is 5. The normalized spacial score (nSPS) is 22.2. The van der Waals surface area contributed by atoms with Gasteiger partial charge in [-0.05, 0) is 87.0 Å². The average Bonchev–Trinajstić information content (AvgIpc) is 2.84. The van der Waals surface area contributed by atoms with E-state index in [4.69, 9.17) is 9.47 Å². The van der Waals surface area contributed by atoms with Gasteiger partial charge in [-0.25, -0.2) is 8.78 Å². The van der Waals surface area contributed by atoms with Crippen LogP contribution in [-0.2, 0) is 16.1 Å². The molecule has 0 bridgehead atoms. The van der Waals surface area contributed by atoms with Crippen molar-refractivity contribution in [1.29, 1.82) is 0 Å². The monoisotopic (exact) mass is 513 g/mol. The zero-order chi connectivity index (χ0) is 25.9. The first-order valence-electron chi connectivity index (χ1n) is 12.6. The Morgan fingerprint density at radius 1 is 1.03 bits per heavy atom. The smallest absolute Gasteiger partial charge is 0.391 e. The number of carbonyl (C=O) groups is 1. The lowest BCUT2D eigenvalue weighted by Gasteiger charge is -2.31. The quantitative estimate of drug-likeness (QED) is 0.294. The van der Waals surface area contributed by atoms with E-state index < -0.39 is 24.6 Å². The van der Waals surface area contributed by atoms with Gasteiger partial charge >= 0.3 is 12.1 Å². The number of esters is 1. The molecular weight excluding hydrogens is 481 g/mol. The maximum absolute atomic E-state index is 14.1. The lowest BCUT2D eigenvalue weighted by atomic mass is 9.87. The highest BCUT2D eigenvalue weighted by Gasteiger charge is 2.42. The molecular formula is C27H32F5NO3. The van der Waals surface area contributed by atoms with Crippen LogP contribution in [0.4, 0.5) is 22.0 Å². The van der Waals surface area contributed by atoms with Crippen LogP contribution in [-0.4, -0.2) is 42.8 Å². The van der Waals surface area contributed by atoms with Crippen molar-refractivity contribution in [3.63, 3.8) is 0 Å². The van der Waals surface area contributed by atoms with Crippen LogP contribution >= 0.6 is 0 Å². The summed E-state index contributed by atoms with van der Waals surface area (Å²) in [5, 5.41) is 1.05. The Bertz CT molecular complexity index is 1040. The fraction of sp³-hybridized carbons (Fsp3) is 0.593. The van der Waals surface area contributed by atoms with Crippen LogP contribution in [0.15, 0.2) is 30.3 Å². The Hall–Kier alpha value is -2.42. The van der Waals surface area contributed by atoms with Crippen LogP contribution in [0.2, 0.25) is 0 Å². The minimum Gasteiger partial charge on any atom is -0.490 e. The van der Waals surface area contributed by atoms with Crippen LogP contribution < -0.4 is 4.74 Å². The van der Waals surface area contributed by atoms with E-state index in [1.807, 2.05) is 12.1 Å². The van der Waals surface area contributed by atoms with Crippen LogP contribution in [0.1, 0.15) is 63.0 Å². The van der Waals surface area contributed by atoms with Crippen molar-refractivity contribution >= 4 is 16.7 Å². The predicted molar refractivity (Wildman–Crippen MR) is 126 cm³/mol. The zero-order valence-electron chi connectivity index (χ0n) is 20.3. The molecule has 1 heterocycles. The third-order valence-electron chi connectivity index (χ3n) is 7.35. The molecule has 0 N–H and O–H groups in total. The fourth-order valence-electron chi connectivity index (χ4n) is 5.34. The fourth-order valence-corrected chi connectivity index (χ4v) is 5.34. The molecule has 2 aromatic carbocycles. The van der Waals surface area contributed by atoms with Gasteiger partial charge in [0.1, 0.15) is 5.75 Å². The molecule has 0 radical (unpaired) electrons. The molecule has 1 aliphatic carbocycles. The van der Waals surface area contributed by atoms with E-state index >= 15 is 0 Å². The molecule has 1 saturated heterocycles. The van der Waals surface area contributed by atoms with Gasteiger partial charge in [-0.15, -0.1) is 0 Å². The second kappa shape index (κ2) is 11.3. The molecule has 4 nitrogen and oxygen atoms in total. The van der Waals surface area contributed by atoms with E-state index in [-0.39, 0.29) is 48.9 Å². The number of hydrogen-bond acceptors (Lipinski definition) is 4. The first-order chi connectivity index (χ1) is 17.2. The van der Waals surface area contributed by atoms with Crippen LogP contribution in [0.25, 0.3) is 10.8 Å². The Labute approximate surface area is 207 Å². The third kappa shape index (κ3) is 6.28. The van der Waals surface area contributed by atoms with Gasteiger partial charge in [-0.1, -0.05) is 18.2 Å². The summed E-state index contributed by atoms with van der Waals surface area (Å²) in [4.78, 5) is 14.2. The maximum Gasteiger partial charge on any atom is 0.391 e. The molecule has 0 unspecified atom stereocenters. The number of fused-ring (bicyclic) bond motifs is 1. The van der Waals surface area contributed by atoms with Crippen molar-refractivity contribution in [2.24, 2.45) is 11.8 Å². The molecule has 2 aromatic rings. The Morgan fingerprint density at radius 2 is 1.72 bits per heavy atom. The number of rotatable bonds is 7. The molecule has 2 aliphatic rings.